The van der Waals surface area contributed by atoms with Gasteiger partial charge in [-0.2, -0.15) is 0 Å². The van der Waals surface area contributed by atoms with Crippen molar-refractivity contribution in [2.24, 2.45) is 11.1 Å². The Morgan fingerprint density at radius 2 is 1.74 bits per heavy atom. The predicted molar refractivity (Wildman–Crippen MR) is 102 cm³/mol. The maximum Gasteiger partial charge on any atom is 0.253 e. The third kappa shape index (κ3) is 4.76. The molecule has 3 rings (SSSR count). The van der Waals surface area contributed by atoms with Gasteiger partial charge in [0.05, 0.1) is 0 Å². The van der Waals surface area contributed by atoms with E-state index in [1.165, 1.54) is 6.07 Å². The second-order valence-electron chi connectivity index (χ2n) is 7.31. The van der Waals surface area contributed by atoms with Crippen LogP contribution in [0.1, 0.15) is 30.6 Å². The maximum absolute atomic E-state index is 13.2. The molecule has 7 heteroatoms. The number of nitrogens with two attached hydrogens (primary N) is 1. The van der Waals surface area contributed by atoms with Crippen LogP contribution in [0.2, 0.25) is 0 Å². The van der Waals surface area contributed by atoms with Crippen molar-refractivity contribution in [1.29, 1.82) is 0 Å². The Balaban J connectivity index is 0.00000261. The van der Waals surface area contributed by atoms with Gasteiger partial charge in [-0.3, -0.25) is 4.79 Å². The van der Waals surface area contributed by atoms with Crippen molar-refractivity contribution >= 4 is 18.3 Å². The second kappa shape index (κ2) is 8.23. The minimum Gasteiger partial charge on any atom is -0.457 e. The molecule has 4 nitrogen and oxygen atoms in total. The zero-order valence-corrected chi connectivity index (χ0v) is 16.1. The molecule has 1 unspecified atom stereocenters. The fourth-order valence-electron chi connectivity index (χ4n) is 3.07. The monoisotopic (exact) mass is 396 g/mol. The van der Waals surface area contributed by atoms with Crippen LogP contribution >= 0.6 is 12.4 Å². The van der Waals surface area contributed by atoms with Crippen molar-refractivity contribution in [3.8, 4) is 11.5 Å². The van der Waals surface area contributed by atoms with Gasteiger partial charge < -0.3 is 15.4 Å². The van der Waals surface area contributed by atoms with Gasteiger partial charge in [0.25, 0.3) is 5.91 Å². The van der Waals surface area contributed by atoms with E-state index in [4.69, 9.17) is 10.5 Å². The lowest BCUT2D eigenvalue weighted by Crippen LogP contribution is -2.53. The molecule has 2 N–H and O–H groups in total. The molecule has 27 heavy (non-hydrogen) atoms. The van der Waals surface area contributed by atoms with Crippen LogP contribution in [0.15, 0.2) is 42.5 Å². The first-order valence-corrected chi connectivity index (χ1v) is 8.54. The molecular formula is C20H23ClF2N2O2. The van der Waals surface area contributed by atoms with Crippen LogP contribution in [0.25, 0.3) is 0 Å². The molecule has 1 amide bonds. The lowest BCUT2D eigenvalue weighted by atomic mass is 9.79. The number of piperidine rings is 1. The second-order valence-corrected chi connectivity index (χ2v) is 7.31. The number of likely N-dealkylation sites (tertiary alicyclic amines) is 1. The average molecular weight is 397 g/mol. The molecular weight excluding hydrogens is 374 g/mol. The van der Waals surface area contributed by atoms with Crippen molar-refractivity contribution in [1.82, 2.24) is 4.90 Å². The van der Waals surface area contributed by atoms with E-state index in [1.807, 2.05) is 4.90 Å². The van der Waals surface area contributed by atoms with Gasteiger partial charge in [0.2, 0.25) is 0 Å². The number of benzene rings is 2. The molecule has 0 spiro atoms. The summed E-state index contributed by atoms with van der Waals surface area (Å²) in [6, 6.07) is 10.0. The Morgan fingerprint density at radius 1 is 1.11 bits per heavy atom. The molecule has 0 saturated carbocycles. The fraction of sp³-hybridized carbons (Fsp3) is 0.350. The molecule has 0 bridgehead atoms. The largest absolute Gasteiger partial charge is 0.457 e. The van der Waals surface area contributed by atoms with Gasteiger partial charge in [-0.25, -0.2) is 8.78 Å². The number of carbonyl (C=O) groups excluding carboxylic acids is 1. The van der Waals surface area contributed by atoms with E-state index < -0.39 is 11.6 Å². The molecule has 2 aromatic carbocycles. The van der Waals surface area contributed by atoms with Crippen molar-refractivity contribution in [2.75, 3.05) is 13.1 Å². The number of nitrogens with zero attached hydrogens (tertiary/aromatic N) is 1. The SMILES string of the molecule is CC1(C)CN(C(=O)c2ccc(Oc3ccc(F)c(F)c3)cc2)CCC1N.Cl. The number of amides is 1. The predicted octanol–water partition coefficient (Wildman–Crippen LogP) is 4.38. The van der Waals surface area contributed by atoms with Gasteiger partial charge in [-0.15, -0.1) is 12.4 Å². The Bertz CT molecular complexity index is 812. The van der Waals surface area contributed by atoms with Gasteiger partial charge in [0.15, 0.2) is 11.6 Å². The summed E-state index contributed by atoms with van der Waals surface area (Å²) in [5.74, 6) is -1.32. The lowest BCUT2D eigenvalue weighted by molar-refractivity contribution is 0.0533. The van der Waals surface area contributed by atoms with Crippen LogP contribution in [0.4, 0.5) is 8.78 Å². The molecule has 146 valence electrons. The summed E-state index contributed by atoms with van der Waals surface area (Å²) in [6.45, 7) is 5.38. The maximum atomic E-state index is 13.2. The summed E-state index contributed by atoms with van der Waals surface area (Å²) >= 11 is 0. The summed E-state index contributed by atoms with van der Waals surface area (Å²) in [6.07, 6.45) is 0.774. The summed E-state index contributed by atoms with van der Waals surface area (Å²) in [5.41, 5.74) is 6.55. The first kappa shape index (κ1) is 21.1. The Kier molecular flexibility index (Phi) is 6.44. The zero-order valence-electron chi connectivity index (χ0n) is 15.2. The van der Waals surface area contributed by atoms with E-state index in [0.717, 1.165) is 18.6 Å². The first-order chi connectivity index (χ1) is 12.3. The molecule has 1 atom stereocenters. The average Bonchev–Trinajstić information content (AvgIpc) is 2.60. The van der Waals surface area contributed by atoms with Gasteiger partial charge >= 0.3 is 0 Å². The van der Waals surface area contributed by atoms with Crippen LogP contribution < -0.4 is 10.5 Å². The van der Waals surface area contributed by atoms with E-state index in [0.29, 0.717) is 24.4 Å². The van der Waals surface area contributed by atoms with Gasteiger partial charge in [-0.05, 0) is 48.2 Å². The smallest absolute Gasteiger partial charge is 0.253 e. The molecule has 1 aliphatic rings. The molecule has 0 aromatic heterocycles. The number of carbonyl (C=O) groups is 1. The van der Waals surface area contributed by atoms with Crippen molar-refractivity contribution in [2.45, 2.75) is 26.3 Å². The minimum atomic E-state index is -0.972. The molecule has 0 radical (unpaired) electrons. The number of hydrogen-bond donors (Lipinski definition) is 1. The van der Waals surface area contributed by atoms with Crippen LogP contribution in [-0.2, 0) is 0 Å². The zero-order chi connectivity index (χ0) is 18.9. The van der Waals surface area contributed by atoms with Crippen molar-refractivity contribution in [3.63, 3.8) is 0 Å². The van der Waals surface area contributed by atoms with Gasteiger partial charge in [0.1, 0.15) is 11.5 Å². The normalized spacial score (nSPS) is 18.6. The highest BCUT2D eigenvalue weighted by molar-refractivity contribution is 5.94. The van der Waals surface area contributed by atoms with Crippen molar-refractivity contribution < 1.29 is 18.3 Å². The number of ether oxygens (including phenoxy) is 1. The highest BCUT2D eigenvalue weighted by Gasteiger charge is 2.35. The summed E-state index contributed by atoms with van der Waals surface area (Å²) in [4.78, 5) is 14.5. The standard InChI is InChI=1S/C20H22F2N2O2.ClH/c1-20(2)12-24(10-9-18(20)23)19(25)13-3-5-14(6-4-13)26-15-7-8-16(21)17(22)11-15;/h3-8,11,18H,9-10,12,23H2,1-2H3;1H. The highest BCUT2D eigenvalue weighted by Crippen LogP contribution is 2.29. The summed E-state index contributed by atoms with van der Waals surface area (Å²) < 4.78 is 31.7. The van der Waals surface area contributed by atoms with Crippen LogP contribution in [0.5, 0.6) is 11.5 Å². The molecule has 1 aliphatic heterocycles. The number of halogens is 3. The van der Waals surface area contributed by atoms with Gasteiger partial charge in [0, 0.05) is 30.8 Å². The van der Waals surface area contributed by atoms with E-state index >= 15 is 0 Å². The molecule has 2 aromatic rings. The van der Waals surface area contributed by atoms with E-state index in [1.54, 1.807) is 24.3 Å². The van der Waals surface area contributed by atoms with E-state index in [-0.39, 0.29) is 35.5 Å². The third-order valence-corrected chi connectivity index (χ3v) is 4.83. The van der Waals surface area contributed by atoms with Crippen LogP contribution in [0, 0.1) is 17.0 Å². The highest BCUT2D eigenvalue weighted by atomic mass is 35.5. The lowest BCUT2D eigenvalue weighted by Gasteiger charge is -2.42. The van der Waals surface area contributed by atoms with E-state index in [2.05, 4.69) is 13.8 Å². The van der Waals surface area contributed by atoms with Gasteiger partial charge in [-0.1, -0.05) is 13.8 Å². The Labute approximate surface area is 163 Å². The minimum absolute atomic E-state index is 0. The Morgan fingerprint density at radius 3 is 2.33 bits per heavy atom. The molecule has 0 aliphatic carbocycles. The quantitative estimate of drug-likeness (QED) is 0.837. The molecule has 1 fully saturated rings. The number of rotatable bonds is 3. The summed E-state index contributed by atoms with van der Waals surface area (Å²) in [7, 11) is 0. The summed E-state index contributed by atoms with van der Waals surface area (Å²) in [5, 5.41) is 0. The molecule has 1 heterocycles. The first-order valence-electron chi connectivity index (χ1n) is 8.54. The topological polar surface area (TPSA) is 55.6 Å². The fourth-order valence-corrected chi connectivity index (χ4v) is 3.07. The molecule has 1 saturated heterocycles. The Hall–Kier alpha value is -2.18. The van der Waals surface area contributed by atoms with Crippen molar-refractivity contribution in [3.05, 3.63) is 59.7 Å². The van der Waals surface area contributed by atoms with Crippen LogP contribution in [-0.4, -0.2) is 29.9 Å². The number of hydrogen-bond acceptors (Lipinski definition) is 3. The van der Waals surface area contributed by atoms with Crippen LogP contribution in [0.3, 0.4) is 0 Å². The van der Waals surface area contributed by atoms with E-state index in [9.17, 15) is 13.6 Å². The third-order valence-electron chi connectivity index (χ3n) is 4.83.